The third-order valence-electron chi connectivity index (χ3n) is 3.61. The fourth-order valence-electron chi connectivity index (χ4n) is 2.70. The second-order valence-corrected chi connectivity index (χ2v) is 5.40. The summed E-state index contributed by atoms with van der Waals surface area (Å²) in [5, 5.41) is 0. The number of amides is 1. The molecule has 0 aromatic heterocycles. The van der Waals surface area contributed by atoms with Gasteiger partial charge in [0.05, 0.1) is 6.42 Å². The summed E-state index contributed by atoms with van der Waals surface area (Å²) in [6.45, 7) is 0.821. The minimum absolute atomic E-state index is 0.0997. The Labute approximate surface area is 118 Å². The highest BCUT2D eigenvalue weighted by molar-refractivity contribution is 6.17. The highest BCUT2D eigenvalue weighted by atomic mass is 35.5. The molecule has 104 valence electrons. The van der Waals surface area contributed by atoms with Crippen LogP contribution in [0.1, 0.15) is 31.2 Å². The van der Waals surface area contributed by atoms with Gasteiger partial charge in [0.15, 0.2) is 0 Å². The molecule has 1 aromatic rings. The molecule has 0 spiro atoms. The first-order valence-electron chi connectivity index (χ1n) is 6.80. The van der Waals surface area contributed by atoms with E-state index in [0.717, 1.165) is 37.8 Å². The molecular formula is C15H19ClFNO. The zero-order chi connectivity index (χ0) is 13.7. The largest absolute Gasteiger partial charge is 0.339 e. The van der Waals surface area contributed by atoms with E-state index < -0.39 is 0 Å². The van der Waals surface area contributed by atoms with Crippen molar-refractivity contribution in [2.45, 2.75) is 38.1 Å². The Morgan fingerprint density at radius 3 is 3.05 bits per heavy atom. The molecule has 1 saturated heterocycles. The molecular weight excluding hydrogens is 265 g/mol. The summed E-state index contributed by atoms with van der Waals surface area (Å²) >= 11 is 5.71. The van der Waals surface area contributed by atoms with E-state index in [1.165, 1.54) is 12.1 Å². The molecule has 0 aliphatic carbocycles. The van der Waals surface area contributed by atoms with Crippen LogP contribution >= 0.6 is 11.6 Å². The van der Waals surface area contributed by atoms with Crippen LogP contribution in [0, 0.1) is 5.82 Å². The van der Waals surface area contributed by atoms with Gasteiger partial charge in [-0.1, -0.05) is 12.1 Å². The fourth-order valence-corrected chi connectivity index (χ4v) is 2.85. The molecule has 1 aliphatic rings. The molecule has 1 unspecified atom stereocenters. The van der Waals surface area contributed by atoms with Crippen molar-refractivity contribution in [3.63, 3.8) is 0 Å². The second kappa shape index (κ2) is 6.90. The summed E-state index contributed by atoms with van der Waals surface area (Å²) in [7, 11) is 0. The molecule has 0 bridgehead atoms. The summed E-state index contributed by atoms with van der Waals surface area (Å²) in [5.74, 6) is 0.454. The third-order valence-corrected chi connectivity index (χ3v) is 3.88. The number of likely N-dealkylation sites (tertiary alicyclic amines) is 1. The minimum atomic E-state index is -0.287. The Morgan fingerprint density at radius 2 is 2.32 bits per heavy atom. The van der Waals surface area contributed by atoms with Crippen molar-refractivity contribution >= 4 is 17.5 Å². The van der Waals surface area contributed by atoms with Crippen molar-refractivity contribution in [1.82, 2.24) is 4.90 Å². The van der Waals surface area contributed by atoms with E-state index in [1.807, 2.05) is 4.90 Å². The maximum absolute atomic E-state index is 13.1. The van der Waals surface area contributed by atoms with E-state index in [-0.39, 0.29) is 18.1 Å². The lowest BCUT2D eigenvalue weighted by atomic mass is 10.1. The van der Waals surface area contributed by atoms with Gasteiger partial charge in [0.2, 0.25) is 5.91 Å². The zero-order valence-electron chi connectivity index (χ0n) is 10.9. The molecule has 2 rings (SSSR count). The molecule has 19 heavy (non-hydrogen) atoms. The van der Waals surface area contributed by atoms with Gasteiger partial charge in [0.25, 0.3) is 0 Å². The summed E-state index contributed by atoms with van der Waals surface area (Å²) < 4.78 is 13.1. The van der Waals surface area contributed by atoms with Crippen LogP contribution in [-0.2, 0) is 11.2 Å². The average Bonchev–Trinajstić information content (AvgIpc) is 2.84. The van der Waals surface area contributed by atoms with Crippen molar-refractivity contribution in [3.8, 4) is 0 Å². The van der Waals surface area contributed by atoms with Gasteiger partial charge in [-0.25, -0.2) is 4.39 Å². The van der Waals surface area contributed by atoms with Crippen LogP contribution in [0.15, 0.2) is 24.3 Å². The molecule has 1 fully saturated rings. The van der Waals surface area contributed by atoms with Gasteiger partial charge in [-0.05, 0) is 43.4 Å². The molecule has 1 aliphatic heterocycles. The maximum atomic E-state index is 13.1. The normalized spacial score (nSPS) is 18.8. The number of rotatable bonds is 5. The van der Waals surface area contributed by atoms with Gasteiger partial charge in [-0.3, -0.25) is 4.79 Å². The third kappa shape index (κ3) is 3.93. The Morgan fingerprint density at radius 1 is 1.47 bits per heavy atom. The lowest BCUT2D eigenvalue weighted by Crippen LogP contribution is -2.36. The summed E-state index contributed by atoms with van der Waals surface area (Å²) in [5.41, 5.74) is 0.744. The smallest absolute Gasteiger partial charge is 0.227 e. The molecule has 0 saturated carbocycles. The summed E-state index contributed by atoms with van der Waals surface area (Å²) in [6.07, 6.45) is 4.32. The Hall–Kier alpha value is -1.09. The first kappa shape index (κ1) is 14.3. The van der Waals surface area contributed by atoms with Crippen LogP contribution in [0.25, 0.3) is 0 Å². The number of benzene rings is 1. The van der Waals surface area contributed by atoms with Crippen molar-refractivity contribution in [1.29, 1.82) is 0 Å². The second-order valence-electron chi connectivity index (χ2n) is 5.02. The maximum Gasteiger partial charge on any atom is 0.227 e. The van der Waals surface area contributed by atoms with Crippen molar-refractivity contribution in [2.75, 3.05) is 12.4 Å². The number of carbonyl (C=O) groups excluding carboxylic acids is 1. The van der Waals surface area contributed by atoms with Gasteiger partial charge in [-0.15, -0.1) is 11.6 Å². The van der Waals surface area contributed by atoms with Crippen molar-refractivity contribution in [3.05, 3.63) is 35.6 Å². The summed E-state index contributed by atoms with van der Waals surface area (Å²) in [6, 6.07) is 6.59. The lowest BCUT2D eigenvalue weighted by molar-refractivity contribution is -0.131. The zero-order valence-corrected chi connectivity index (χ0v) is 11.7. The molecule has 2 nitrogen and oxygen atoms in total. The van der Waals surface area contributed by atoms with Gasteiger partial charge >= 0.3 is 0 Å². The SMILES string of the molecule is O=C(Cc1cccc(F)c1)N1CCCC1CCCCl. The minimum Gasteiger partial charge on any atom is -0.339 e. The predicted molar refractivity (Wildman–Crippen MR) is 74.8 cm³/mol. The Balaban J connectivity index is 1.95. The molecule has 4 heteroatoms. The number of alkyl halides is 1. The quantitative estimate of drug-likeness (QED) is 0.759. The monoisotopic (exact) mass is 283 g/mol. The number of carbonyl (C=O) groups is 1. The standard InChI is InChI=1S/C15H19ClFNO/c16-8-2-6-14-7-3-9-18(14)15(19)11-12-4-1-5-13(17)10-12/h1,4-5,10,14H,2-3,6-9,11H2. The van der Waals surface area contributed by atoms with Crippen molar-refractivity contribution < 1.29 is 9.18 Å². The van der Waals surface area contributed by atoms with Crippen LogP contribution < -0.4 is 0 Å². The first-order chi connectivity index (χ1) is 9.20. The van der Waals surface area contributed by atoms with Gasteiger partial charge in [0.1, 0.15) is 5.82 Å². The number of hydrogen-bond acceptors (Lipinski definition) is 1. The Bertz CT molecular complexity index is 438. The predicted octanol–water partition coefficient (Wildman–Crippen LogP) is 3.38. The van der Waals surface area contributed by atoms with Gasteiger partial charge in [0, 0.05) is 18.5 Å². The van der Waals surface area contributed by atoms with Gasteiger partial charge < -0.3 is 4.90 Å². The van der Waals surface area contributed by atoms with Crippen LogP contribution in [0.3, 0.4) is 0 Å². The van der Waals surface area contributed by atoms with E-state index >= 15 is 0 Å². The topological polar surface area (TPSA) is 20.3 Å². The highest BCUT2D eigenvalue weighted by Gasteiger charge is 2.27. The Kier molecular flexibility index (Phi) is 5.20. The van der Waals surface area contributed by atoms with Crippen LogP contribution in [-0.4, -0.2) is 29.3 Å². The average molecular weight is 284 g/mol. The molecule has 0 N–H and O–H groups in total. The number of nitrogens with zero attached hydrogens (tertiary/aromatic N) is 1. The highest BCUT2D eigenvalue weighted by Crippen LogP contribution is 2.22. The van der Waals surface area contributed by atoms with Crippen LogP contribution in [0.4, 0.5) is 4.39 Å². The lowest BCUT2D eigenvalue weighted by Gasteiger charge is -2.24. The number of halogens is 2. The summed E-state index contributed by atoms with van der Waals surface area (Å²) in [4.78, 5) is 14.2. The van der Waals surface area contributed by atoms with Crippen LogP contribution in [0.2, 0.25) is 0 Å². The van der Waals surface area contributed by atoms with Crippen LogP contribution in [0.5, 0.6) is 0 Å². The fraction of sp³-hybridized carbons (Fsp3) is 0.533. The van der Waals surface area contributed by atoms with E-state index in [1.54, 1.807) is 12.1 Å². The molecule has 1 aromatic carbocycles. The van der Waals surface area contributed by atoms with E-state index in [9.17, 15) is 9.18 Å². The molecule has 0 radical (unpaired) electrons. The molecule has 1 amide bonds. The van der Waals surface area contributed by atoms with Crippen molar-refractivity contribution in [2.24, 2.45) is 0 Å². The molecule has 1 atom stereocenters. The first-order valence-corrected chi connectivity index (χ1v) is 7.34. The van der Waals surface area contributed by atoms with E-state index in [0.29, 0.717) is 11.9 Å². The van der Waals surface area contributed by atoms with Gasteiger partial charge in [-0.2, -0.15) is 0 Å². The molecule has 1 heterocycles. The van der Waals surface area contributed by atoms with E-state index in [4.69, 9.17) is 11.6 Å². The van der Waals surface area contributed by atoms with E-state index in [2.05, 4.69) is 0 Å². The number of hydrogen-bond donors (Lipinski definition) is 0.